The molecule has 2 heterocycles. The Labute approximate surface area is 186 Å². The number of fused-ring (bicyclic) bond motifs is 1. The van der Waals surface area contributed by atoms with Gasteiger partial charge in [0.25, 0.3) is 5.91 Å². The summed E-state index contributed by atoms with van der Waals surface area (Å²) in [6.07, 6.45) is 1.03. The number of rotatable bonds is 6. The number of likely N-dealkylation sites (tertiary alicyclic amines) is 1. The van der Waals surface area contributed by atoms with Gasteiger partial charge in [-0.3, -0.25) is 9.59 Å². The van der Waals surface area contributed by atoms with Gasteiger partial charge in [-0.05, 0) is 30.2 Å². The van der Waals surface area contributed by atoms with E-state index in [1.807, 2.05) is 30.3 Å². The molecule has 0 bridgehead atoms. The maximum atomic E-state index is 13.2. The van der Waals surface area contributed by atoms with Crippen LogP contribution in [0.2, 0.25) is 5.02 Å². The molecule has 1 saturated heterocycles. The first-order chi connectivity index (χ1) is 14.9. The van der Waals surface area contributed by atoms with Gasteiger partial charge in [-0.15, -0.1) is 0 Å². The summed E-state index contributed by atoms with van der Waals surface area (Å²) in [5.41, 5.74) is 7.16. The fourth-order valence-corrected chi connectivity index (χ4v) is 4.44. The van der Waals surface area contributed by atoms with Crippen molar-refractivity contribution >= 4 is 29.1 Å². The number of carbonyl (C=O) groups excluding carboxylic acids is 2. The van der Waals surface area contributed by atoms with Gasteiger partial charge in [0, 0.05) is 31.6 Å². The van der Waals surface area contributed by atoms with Crippen molar-refractivity contribution in [2.24, 2.45) is 16.3 Å². The lowest BCUT2D eigenvalue weighted by Gasteiger charge is -2.40. The van der Waals surface area contributed by atoms with E-state index in [1.165, 1.54) is 5.01 Å². The van der Waals surface area contributed by atoms with E-state index in [2.05, 4.69) is 5.10 Å². The lowest BCUT2D eigenvalue weighted by Crippen LogP contribution is -2.58. The van der Waals surface area contributed by atoms with Gasteiger partial charge in [0.15, 0.2) is 0 Å². The first-order valence-electron chi connectivity index (χ1n) is 10.2. The summed E-state index contributed by atoms with van der Waals surface area (Å²) >= 11 is 5.97. The fourth-order valence-electron chi connectivity index (χ4n) is 4.26. The van der Waals surface area contributed by atoms with Gasteiger partial charge in [0.2, 0.25) is 5.91 Å². The predicted molar refractivity (Wildman–Crippen MR) is 119 cm³/mol. The summed E-state index contributed by atoms with van der Waals surface area (Å²) in [6.45, 7) is 0.754. The van der Waals surface area contributed by atoms with Crippen molar-refractivity contribution in [3.05, 3.63) is 65.2 Å². The van der Waals surface area contributed by atoms with Gasteiger partial charge < -0.3 is 15.4 Å². The monoisotopic (exact) mass is 440 g/mol. The number of ether oxygens (including phenoxy) is 1. The van der Waals surface area contributed by atoms with Crippen molar-refractivity contribution in [2.45, 2.75) is 18.9 Å². The molecule has 1 unspecified atom stereocenters. The van der Waals surface area contributed by atoms with Gasteiger partial charge in [-0.2, -0.15) is 5.10 Å². The van der Waals surface area contributed by atoms with Gasteiger partial charge in [-0.25, -0.2) is 5.01 Å². The van der Waals surface area contributed by atoms with Crippen molar-refractivity contribution in [3.63, 3.8) is 0 Å². The van der Waals surface area contributed by atoms with E-state index >= 15 is 0 Å². The topological polar surface area (TPSA) is 88.2 Å². The summed E-state index contributed by atoms with van der Waals surface area (Å²) in [7, 11) is 1.66. The molecule has 31 heavy (non-hydrogen) atoms. The van der Waals surface area contributed by atoms with Crippen LogP contribution in [0.5, 0.6) is 5.75 Å². The Balaban J connectivity index is 1.48. The van der Waals surface area contributed by atoms with Crippen LogP contribution in [0.4, 0.5) is 0 Å². The quantitative estimate of drug-likeness (QED) is 0.746. The first kappa shape index (κ1) is 21.3. The minimum atomic E-state index is -0.850. The Hall–Kier alpha value is -2.90. The molecule has 2 aromatic carbocycles. The molecule has 2 N–H and O–H groups in total. The molecule has 8 heteroatoms. The minimum absolute atomic E-state index is 0.0240. The third kappa shape index (κ3) is 4.29. The highest BCUT2D eigenvalue weighted by molar-refractivity contribution is 6.30. The third-order valence-electron chi connectivity index (χ3n) is 5.81. The predicted octanol–water partition coefficient (Wildman–Crippen LogP) is 2.34. The van der Waals surface area contributed by atoms with E-state index in [9.17, 15) is 9.59 Å². The molecule has 2 aliphatic heterocycles. The van der Waals surface area contributed by atoms with Crippen LogP contribution in [0.1, 0.15) is 12.0 Å². The number of benzene rings is 2. The molecule has 2 aliphatic rings. The molecule has 4 rings (SSSR count). The Kier molecular flexibility index (Phi) is 5.98. The average Bonchev–Trinajstić information content (AvgIpc) is 3.01. The van der Waals surface area contributed by atoms with Crippen LogP contribution < -0.4 is 10.5 Å². The standard InChI is InChI=1S/C23H25ClN4O3/c1-27-22(30)23(13-16-6-3-2-4-7-16)15-28(11-10-20(23)26-27)21(29)19(25)14-31-18-9-5-8-17(24)12-18/h2-9,12,19H,10-11,13-15,25H2,1H3/t19?,23-/m1/s1. The smallest absolute Gasteiger partial charge is 0.256 e. The van der Waals surface area contributed by atoms with Crippen LogP contribution in [0, 0.1) is 5.41 Å². The van der Waals surface area contributed by atoms with Crippen molar-refractivity contribution in [1.29, 1.82) is 0 Å². The molecule has 7 nitrogen and oxygen atoms in total. The maximum Gasteiger partial charge on any atom is 0.256 e. The first-order valence-corrected chi connectivity index (χ1v) is 10.6. The highest BCUT2D eigenvalue weighted by atomic mass is 35.5. The Morgan fingerprint density at radius 2 is 2.03 bits per heavy atom. The van der Waals surface area contributed by atoms with E-state index in [1.54, 1.807) is 36.2 Å². The van der Waals surface area contributed by atoms with Crippen molar-refractivity contribution in [3.8, 4) is 5.75 Å². The average molecular weight is 441 g/mol. The Morgan fingerprint density at radius 3 is 2.77 bits per heavy atom. The van der Waals surface area contributed by atoms with Gasteiger partial charge in [0.05, 0.1) is 5.71 Å². The van der Waals surface area contributed by atoms with Crippen LogP contribution >= 0.6 is 11.6 Å². The van der Waals surface area contributed by atoms with Crippen LogP contribution in [0.3, 0.4) is 0 Å². The van der Waals surface area contributed by atoms with Crippen molar-refractivity contribution < 1.29 is 14.3 Å². The maximum absolute atomic E-state index is 13.2. The van der Waals surface area contributed by atoms with E-state index in [0.29, 0.717) is 30.2 Å². The van der Waals surface area contributed by atoms with Crippen molar-refractivity contribution in [2.75, 3.05) is 26.7 Å². The summed E-state index contributed by atoms with van der Waals surface area (Å²) in [6, 6.07) is 15.9. The molecule has 1 fully saturated rings. The van der Waals surface area contributed by atoms with Crippen LogP contribution in [-0.2, 0) is 16.0 Å². The van der Waals surface area contributed by atoms with E-state index < -0.39 is 11.5 Å². The van der Waals surface area contributed by atoms with Crippen LogP contribution in [-0.4, -0.2) is 60.2 Å². The normalized spacial score (nSPS) is 21.5. The molecule has 0 aliphatic carbocycles. The van der Waals surface area contributed by atoms with Gasteiger partial charge >= 0.3 is 0 Å². The van der Waals surface area contributed by atoms with Crippen LogP contribution in [0.25, 0.3) is 0 Å². The third-order valence-corrected chi connectivity index (χ3v) is 6.04. The van der Waals surface area contributed by atoms with Gasteiger partial charge in [0.1, 0.15) is 23.8 Å². The summed E-state index contributed by atoms with van der Waals surface area (Å²) in [5.74, 6) is 0.223. The highest BCUT2D eigenvalue weighted by Crippen LogP contribution is 2.38. The Morgan fingerprint density at radius 1 is 1.26 bits per heavy atom. The fraction of sp³-hybridized carbons (Fsp3) is 0.348. The molecule has 0 radical (unpaired) electrons. The van der Waals surface area contributed by atoms with Gasteiger partial charge in [-0.1, -0.05) is 48.0 Å². The molecule has 162 valence electrons. The summed E-state index contributed by atoms with van der Waals surface area (Å²) in [4.78, 5) is 27.9. The molecule has 2 aromatic rings. The van der Waals surface area contributed by atoms with Crippen LogP contribution in [0.15, 0.2) is 59.7 Å². The molecule has 2 atom stereocenters. The largest absolute Gasteiger partial charge is 0.491 e. The number of hydrazone groups is 1. The summed E-state index contributed by atoms with van der Waals surface area (Å²) in [5, 5.41) is 6.42. The number of piperidine rings is 1. The second kappa shape index (κ2) is 8.69. The van der Waals surface area contributed by atoms with Crippen molar-refractivity contribution in [1.82, 2.24) is 9.91 Å². The molecule has 0 spiro atoms. The number of nitrogens with zero attached hydrogens (tertiary/aromatic N) is 3. The zero-order valence-electron chi connectivity index (χ0n) is 17.3. The van der Waals surface area contributed by atoms with E-state index in [0.717, 1.165) is 11.3 Å². The Bertz CT molecular complexity index is 1010. The number of hydrogen-bond acceptors (Lipinski definition) is 5. The second-order valence-electron chi connectivity index (χ2n) is 8.00. The second-order valence-corrected chi connectivity index (χ2v) is 8.44. The number of nitrogens with two attached hydrogens (primary N) is 1. The lowest BCUT2D eigenvalue weighted by atomic mass is 9.73. The molecular weight excluding hydrogens is 416 g/mol. The molecule has 0 saturated carbocycles. The SMILES string of the molecule is CN1N=C2CCN(C(=O)C(N)COc3cccc(Cl)c3)C[C@@]2(Cc2ccccc2)C1=O. The molecular formula is C23H25ClN4O3. The minimum Gasteiger partial charge on any atom is -0.491 e. The number of carbonyl (C=O) groups is 2. The van der Waals surface area contributed by atoms with E-state index in [-0.39, 0.29) is 25.0 Å². The number of hydrogen-bond donors (Lipinski definition) is 1. The lowest BCUT2D eigenvalue weighted by molar-refractivity contribution is -0.140. The number of amides is 2. The zero-order chi connectivity index (χ0) is 22.0. The van der Waals surface area contributed by atoms with E-state index in [4.69, 9.17) is 22.1 Å². The molecule has 0 aromatic heterocycles. The molecule has 2 amide bonds. The highest BCUT2D eigenvalue weighted by Gasteiger charge is 2.53. The number of halogens is 1. The summed E-state index contributed by atoms with van der Waals surface area (Å²) < 4.78 is 5.65. The zero-order valence-corrected chi connectivity index (χ0v) is 18.1.